The summed E-state index contributed by atoms with van der Waals surface area (Å²) in [7, 11) is 0. The first-order valence-corrected chi connectivity index (χ1v) is 10.7. The smallest absolute Gasteiger partial charge is 0.349 e. The van der Waals surface area contributed by atoms with E-state index in [9.17, 15) is 24.5 Å². The van der Waals surface area contributed by atoms with Crippen LogP contribution in [0.25, 0.3) is 11.0 Å². The van der Waals surface area contributed by atoms with Crippen molar-refractivity contribution in [1.82, 2.24) is 5.32 Å². The zero-order chi connectivity index (χ0) is 24.9. The van der Waals surface area contributed by atoms with Crippen LogP contribution in [0.3, 0.4) is 0 Å². The van der Waals surface area contributed by atoms with Gasteiger partial charge in [-0.2, -0.15) is 0 Å². The highest BCUT2D eigenvalue weighted by molar-refractivity contribution is 5.97. The Labute approximate surface area is 199 Å². The van der Waals surface area contributed by atoms with Gasteiger partial charge in [0.1, 0.15) is 16.9 Å². The summed E-state index contributed by atoms with van der Waals surface area (Å²) in [6.07, 6.45) is 0.615. The summed E-state index contributed by atoms with van der Waals surface area (Å²) in [5.41, 5.74) is 0.440. The number of carbonyl (C=O) groups is 2. The Hall–Kier alpha value is -4.79. The first-order valence-electron chi connectivity index (χ1n) is 10.7. The summed E-state index contributed by atoms with van der Waals surface area (Å²) in [6, 6.07) is 19.4. The number of ether oxygens (including phenoxy) is 1. The Morgan fingerprint density at radius 3 is 2.54 bits per heavy atom. The van der Waals surface area contributed by atoms with E-state index in [1.165, 1.54) is 30.3 Å². The van der Waals surface area contributed by atoms with Gasteiger partial charge >= 0.3 is 11.6 Å². The van der Waals surface area contributed by atoms with Crippen molar-refractivity contribution in [3.05, 3.63) is 116 Å². The molecular formula is C26H20N2O7. The molecule has 0 atom stereocenters. The molecule has 0 radical (unpaired) electrons. The van der Waals surface area contributed by atoms with Crippen LogP contribution in [0.2, 0.25) is 0 Å². The van der Waals surface area contributed by atoms with Crippen LogP contribution >= 0.6 is 0 Å². The van der Waals surface area contributed by atoms with Gasteiger partial charge in [0.05, 0.1) is 10.5 Å². The maximum absolute atomic E-state index is 12.5. The highest BCUT2D eigenvalue weighted by Crippen LogP contribution is 2.23. The van der Waals surface area contributed by atoms with Crippen LogP contribution in [0.1, 0.15) is 31.8 Å². The predicted molar refractivity (Wildman–Crippen MR) is 128 cm³/mol. The van der Waals surface area contributed by atoms with Gasteiger partial charge in [-0.05, 0) is 43.2 Å². The number of rotatable bonds is 7. The van der Waals surface area contributed by atoms with Gasteiger partial charge in [0.25, 0.3) is 11.6 Å². The number of nitro benzene ring substituents is 1. The van der Waals surface area contributed by atoms with Gasteiger partial charge in [-0.25, -0.2) is 9.59 Å². The Morgan fingerprint density at radius 1 is 1.03 bits per heavy atom. The van der Waals surface area contributed by atoms with Gasteiger partial charge in [0.2, 0.25) is 0 Å². The van der Waals surface area contributed by atoms with Gasteiger partial charge in [0, 0.05) is 29.6 Å². The number of amides is 1. The lowest BCUT2D eigenvalue weighted by Crippen LogP contribution is -2.29. The first kappa shape index (κ1) is 23.4. The molecule has 0 saturated heterocycles. The Balaban J connectivity index is 1.48. The van der Waals surface area contributed by atoms with Crippen molar-refractivity contribution < 1.29 is 23.7 Å². The third-order valence-electron chi connectivity index (χ3n) is 5.35. The maximum Gasteiger partial charge on any atom is 0.349 e. The van der Waals surface area contributed by atoms with E-state index in [1.807, 2.05) is 30.3 Å². The zero-order valence-corrected chi connectivity index (χ0v) is 18.6. The van der Waals surface area contributed by atoms with Crippen LogP contribution in [0.4, 0.5) is 5.69 Å². The van der Waals surface area contributed by atoms with Gasteiger partial charge in [0.15, 0.2) is 0 Å². The molecule has 35 heavy (non-hydrogen) atoms. The van der Waals surface area contributed by atoms with Crippen molar-refractivity contribution in [3.8, 4) is 5.75 Å². The molecule has 9 heteroatoms. The molecule has 4 rings (SSSR count). The van der Waals surface area contributed by atoms with E-state index >= 15 is 0 Å². The fourth-order valence-electron chi connectivity index (χ4n) is 3.47. The number of esters is 1. The third-order valence-corrected chi connectivity index (χ3v) is 5.35. The van der Waals surface area contributed by atoms with E-state index in [0.717, 1.165) is 11.6 Å². The molecule has 1 heterocycles. The molecule has 3 aromatic carbocycles. The number of nitrogens with zero attached hydrogens (tertiary/aromatic N) is 1. The zero-order valence-electron chi connectivity index (χ0n) is 18.6. The number of benzene rings is 3. The number of fused-ring (bicyclic) bond motifs is 1. The van der Waals surface area contributed by atoms with Crippen LogP contribution in [0.5, 0.6) is 5.75 Å². The SMILES string of the molecule is Cc1ccc(C(=O)Oc2ccc3cc(C(=O)NCCc4ccccc4)c(=O)oc3c2)cc1[N+](=O)[O-]. The lowest BCUT2D eigenvalue weighted by molar-refractivity contribution is -0.385. The summed E-state index contributed by atoms with van der Waals surface area (Å²) >= 11 is 0. The molecule has 176 valence electrons. The van der Waals surface area contributed by atoms with Gasteiger partial charge in [-0.1, -0.05) is 36.4 Å². The fourth-order valence-corrected chi connectivity index (χ4v) is 3.47. The lowest BCUT2D eigenvalue weighted by atomic mass is 10.1. The number of hydrogen-bond donors (Lipinski definition) is 1. The molecule has 1 aromatic heterocycles. The predicted octanol–water partition coefficient (Wildman–Crippen LogP) is 4.20. The summed E-state index contributed by atoms with van der Waals surface area (Å²) < 4.78 is 10.6. The summed E-state index contributed by atoms with van der Waals surface area (Å²) in [4.78, 5) is 47.9. The standard InChI is InChI=1S/C26H20N2O7/c1-16-7-8-19(14-22(16)28(32)33)25(30)34-20-10-9-18-13-21(26(31)35-23(18)15-20)24(29)27-12-11-17-5-3-2-4-6-17/h2-10,13-15H,11-12H2,1H3,(H,27,29). The van der Waals surface area contributed by atoms with Crippen molar-refractivity contribution in [3.63, 3.8) is 0 Å². The van der Waals surface area contributed by atoms with Crippen LogP contribution in [0.15, 0.2) is 82.0 Å². The van der Waals surface area contributed by atoms with Crippen LogP contribution in [0, 0.1) is 17.0 Å². The summed E-state index contributed by atoms with van der Waals surface area (Å²) in [5.74, 6) is -1.27. The van der Waals surface area contributed by atoms with E-state index in [0.29, 0.717) is 23.9 Å². The topological polar surface area (TPSA) is 129 Å². The minimum Gasteiger partial charge on any atom is -0.423 e. The average Bonchev–Trinajstić information content (AvgIpc) is 2.84. The highest BCUT2D eigenvalue weighted by atomic mass is 16.6. The van der Waals surface area contributed by atoms with E-state index in [-0.39, 0.29) is 28.1 Å². The second-order valence-corrected chi connectivity index (χ2v) is 7.79. The van der Waals surface area contributed by atoms with Crippen molar-refractivity contribution >= 4 is 28.5 Å². The summed E-state index contributed by atoms with van der Waals surface area (Å²) in [6.45, 7) is 1.92. The quantitative estimate of drug-likeness (QED) is 0.140. The average molecular weight is 472 g/mol. The number of aryl methyl sites for hydroxylation is 1. The van der Waals surface area contributed by atoms with Crippen molar-refractivity contribution in [2.24, 2.45) is 0 Å². The Bertz CT molecular complexity index is 1490. The molecule has 0 aliphatic rings. The number of nitro groups is 1. The minimum absolute atomic E-state index is 0.00590. The Kier molecular flexibility index (Phi) is 6.68. The molecule has 0 bridgehead atoms. The van der Waals surface area contributed by atoms with Crippen LogP contribution < -0.4 is 15.7 Å². The lowest BCUT2D eigenvalue weighted by Gasteiger charge is -2.07. The summed E-state index contributed by atoms with van der Waals surface area (Å²) in [5, 5.41) is 14.3. The number of carbonyl (C=O) groups excluding carboxylic acids is 2. The normalized spacial score (nSPS) is 10.7. The largest absolute Gasteiger partial charge is 0.423 e. The number of nitrogens with one attached hydrogen (secondary N) is 1. The van der Waals surface area contributed by atoms with E-state index < -0.39 is 22.4 Å². The molecule has 0 aliphatic carbocycles. The van der Waals surface area contributed by atoms with Crippen molar-refractivity contribution in [2.45, 2.75) is 13.3 Å². The fraction of sp³-hybridized carbons (Fsp3) is 0.115. The van der Waals surface area contributed by atoms with Gasteiger partial charge < -0.3 is 14.5 Å². The molecule has 0 saturated carbocycles. The van der Waals surface area contributed by atoms with Crippen LogP contribution in [-0.2, 0) is 6.42 Å². The van der Waals surface area contributed by atoms with E-state index in [4.69, 9.17) is 9.15 Å². The molecule has 1 amide bonds. The minimum atomic E-state index is -0.827. The monoisotopic (exact) mass is 472 g/mol. The molecule has 0 fully saturated rings. The molecule has 4 aromatic rings. The molecule has 9 nitrogen and oxygen atoms in total. The van der Waals surface area contributed by atoms with Gasteiger partial charge in [-0.15, -0.1) is 0 Å². The third kappa shape index (κ3) is 5.41. The highest BCUT2D eigenvalue weighted by Gasteiger charge is 2.18. The first-order chi connectivity index (χ1) is 16.8. The molecule has 0 unspecified atom stereocenters. The molecule has 0 aliphatic heterocycles. The van der Waals surface area contributed by atoms with Crippen molar-refractivity contribution in [2.75, 3.05) is 6.54 Å². The van der Waals surface area contributed by atoms with Crippen molar-refractivity contribution in [1.29, 1.82) is 0 Å². The van der Waals surface area contributed by atoms with E-state index in [2.05, 4.69) is 5.32 Å². The maximum atomic E-state index is 12.5. The Morgan fingerprint density at radius 2 is 1.80 bits per heavy atom. The second kappa shape index (κ2) is 10.0. The van der Waals surface area contributed by atoms with Crippen LogP contribution in [-0.4, -0.2) is 23.3 Å². The molecular weight excluding hydrogens is 452 g/mol. The number of hydrogen-bond acceptors (Lipinski definition) is 7. The van der Waals surface area contributed by atoms with Gasteiger partial charge in [-0.3, -0.25) is 14.9 Å². The molecule has 0 spiro atoms. The molecule has 1 N–H and O–H groups in total. The van der Waals surface area contributed by atoms with E-state index in [1.54, 1.807) is 13.0 Å². The second-order valence-electron chi connectivity index (χ2n) is 7.79.